The molecule has 17 heavy (non-hydrogen) atoms. The summed E-state index contributed by atoms with van der Waals surface area (Å²) in [6.07, 6.45) is 0.376. The van der Waals surface area contributed by atoms with Crippen molar-refractivity contribution in [1.29, 1.82) is 0 Å². The zero-order valence-electron chi connectivity index (χ0n) is 9.66. The third-order valence-corrected chi connectivity index (χ3v) is 6.24. The number of hydrogen-bond acceptors (Lipinski definition) is 8. The molecule has 0 saturated heterocycles. The van der Waals surface area contributed by atoms with Gasteiger partial charge in [0, 0.05) is 5.75 Å². The second kappa shape index (κ2) is 7.76. The van der Waals surface area contributed by atoms with E-state index in [4.69, 9.17) is 9.05 Å². The zero-order chi connectivity index (χ0) is 12.7. The minimum absolute atomic E-state index is 0.376. The number of thiol groups is 1. The lowest BCUT2D eigenvalue weighted by molar-refractivity contribution is 0.221. The van der Waals surface area contributed by atoms with Crippen molar-refractivity contribution in [3.8, 4) is 0 Å². The normalized spacial score (nSPS) is 11.9. The van der Waals surface area contributed by atoms with Crippen LogP contribution >= 0.6 is 43.3 Å². The predicted octanol–water partition coefficient (Wildman–Crippen LogP) is 3.19. The molecule has 0 unspecified atom stereocenters. The van der Waals surface area contributed by atoms with Crippen molar-refractivity contribution in [3.05, 3.63) is 0 Å². The van der Waals surface area contributed by atoms with Crippen LogP contribution in [0.25, 0.3) is 0 Å². The average Bonchev–Trinajstić information content (AvgIpc) is 2.65. The van der Waals surface area contributed by atoms with Gasteiger partial charge in [-0.15, -0.1) is 22.8 Å². The lowest BCUT2D eigenvalue weighted by atomic mass is 10.9. The lowest BCUT2D eigenvalue weighted by Gasteiger charge is -2.15. The molecule has 0 saturated carbocycles. The molecular formula is C8H15N2O3PS3. The van der Waals surface area contributed by atoms with Crippen molar-refractivity contribution in [2.24, 2.45) is 0 Å². The molecule has 0 fully saturated rings. The lowest BCUT2D eigenvalue weighted by Crippen LogP contribution is -2.01. The van der Waals surface area contributed by atoms with E-state index in [-0.39, 0.29) is 0 Å². The van der Waals surface area contributed by atoms with Crippen LogP contribution in [0.15, 0.2) is 8.68 Å². The van der Waals surface area contributed by atoms with Gasteiger partial charge in [-0.2, -0.15) is 0 Å². The Hall–Kier alpha value is 0.410. The topological polar surface area (TPSA) is 61.3 Å². The largest absolute Gasteiger partial charge is 0.331 e. The van der Waals surface area contributed by atoms with E-state index in [1.165, 1.54) is 23.1 Å². The SMILES string of the molecule is CCOP(=O)(CCSc1nnc(S)s1)OCC. The fourth-order valence-electron chi connectivity index (χ4n) is 1.07. The van der Waals surface area contributed by atoms with Crippen LogP contribution in [-0.2, 0) is 13.6 Å². The van der Waals surface area contributed by atoms with Gasteiger partial charge in [0.2, 0.25) is 0 Å². The van der Waals surface area contributed by atoms with Gasteiger partial charge in [-0.1, -0.05) is 23.1 Å². The maximum Gasteiger partial charge on any atom is 0.331 e. The summed E-state index contributed by atoms with van der Waals surface area (Å²) in [4.78, 5) is 0. The summed E-state index contributed by atoms with van der Waals surface area (Å²) < 4.78 is 23.9. The summed E-state index contributed by atoms with van der Waals surface area (Å²) >= 11 is 6.96. The van der Waals surface area contributed by atoms with E-state index < -0.39 is 7.60 Å². The Labute approximate surface area is 115 Å². The minimum atomic E-state index is -2.93. The van der Waals surface area contributed by atoms with Crippen LogP contribution in [0.2, 0.25) is 0 Å². The van der Waals surface area contributed by atoms with Crippen molar-refractivity contribution in [1.82, 2.24) is 10.2 Å². The summed E-state index contributed by atoms with van der Waals surface area (Å²) in [7, 11) is -2.93. The third-order valence-electron chi connectivity index (χ3n) is 1.64. The van der Waals surface area contributed by atoms with E-state index in [0.717, 1.165) is 4.34 Å². The Morgan fingerprint density at radius 2 is 2.00 bits per heavy atom. The smallest absolute Gasteiger partial charge is 0.309 e. The fourth-order valence-corrected chi connectivity index (χ4v) is 5.25. The molecule has 0 spiro atoms. The summed E-state index contributed by atoms with van der Waals surface area (Å²) in [6, 6.07) is 0. The Morgan fingerprint density at radius 3 is 2.47 bits per heavy atom. The third kappa shape index (κ3) is 5.72. The molecule has 0 aliphatic heterocycles. The van der Waals surface area contributed by atoms with E-state index in [9.17, 15) is 4.57 Å². The summed E-state index contributed by atoms with van der Waals surface area (Å²) in [5.74, 6) is 0.625. The Kier molecular flexibility index (Phi) is 7.06. The van der Waals surface area contributed by atoms with E-state index in [1.54, 1.807) is 13.8 Å². The number of nitrogens with zero attached hydrogens (tertiary/aromatic N) is 2. The quantitative estimate of drug-likeness (QED) is 0.452. The average molecular weight is 314 g/mol. The van der Waals surface area contributed by atoms with Crippen molar-refractivity contribution >= 4 is 43.3 Å². The molecule has 1 heterocycles. The minimum Gasteiger partial charge on any atom is -0.309 e. The van der Waals surface area contributed by atoms with Crippen molar-refractivity contribution < 1.29 is 13.6 Å². The zero-order valence-corrected chi connectivity index (χ0v) is 13.1. The van der Waals surface area contributed by atoms with Crippen LogP contribution < -0.4 is 0 Å². The number of rotatable bonds is 8. The van der Waals surface area contributed by atoms with Gasteiger partial charge in [0.05, 0.1) is 19.4 Å². The van der Waals surface area contributed by atoms with Crippen LogP contribution in [0.1, 0.15) is 13.8 Å². The van der Waals surface area contributed by atoms with Crippen LogP contribution in [0, 0.1) is 0 Å². The van der Waals surface area contributed by atoms with Crippen LogP contribution in [0.5, 0.6) is 0 Å². The highest BCUT2D eigenvalue weighted by molar-refractivity contribution is 8.01. The van der Waals surface area contributed by atoms with Crippen molar-refractivity contribution in [2.45, 2.75) is 22.5 Å². The molecule has 1 rings (SSSR count). The Bertz CT molecular complexity index is 378. The molecular weight excluding hydrogens is 299 g/mol. The van der Waals surface area contributed by atoms with Gasteiger partial charge >= 0.3 is 7.60 Å². The summed E-state index contributed by atoms with van der Waals surface area (Å²) in [5.41, 5.74) is 0. The molecule has 0 atom stereocenters. The molecule has 0 bridgehead atoms. The van der Waals surface area contributed by atoms with E-state index in [1.807, 2.05) is 0 Å². The highest BCUT2D eigenvalue weighted by atomic mass is 32.2. The van der Waals surface area contributed by atoms with Gasteiger partial charge in [0.1, 0.15) is 0 Å². The second-order valence-electron chi connectivity index (χ2n) is 2.87. The van der Waals surface area contributed by atoms with Gasteiger partial charge in [-0.05, 0) is 13.8 Å². The monoisotopic (exact) mass is 314 g/mol. The Morgan fingerprint density at radius 1 is 1.35 bits per heavy atom. The number of thioether (sulfide) groups is 1. The molecule has 1 aromatic heterocycles. The van der Waals surface area contributed by atoms with Gasteiger partial charge in [0.15, 0.2) is 8.68 Å². The fraction of sp³-hybridized carbons (Fsp3) is 0.750. The van der Waals surface area contributed by atoms with Crippen LogP contribution in [-0.4, -0.2) is 35.3 Å². The first-order valence-corrected chi connectivity index (χ1v) is 9.10. The standard InChI is InChI=1S/C8H15N2O3PS3/c1-3-12-14(11,13-4-2)5-6-16-8-10-9-7(15)17-8/h3-6H2,1-2H3,(H,9,15). The molecule has 0 aromatic carbocycles. The second-order valence-corrected chi connectivity index (χ2v) is 8.10. The number of hydrogen-bond donors (Lipinski definition) is 1. The molecule has 98 valence electrons. The molecule has 1 aromatic rings. The molecule has 0 aliphatic rings. The number of aromatic nitrogens is 2. The van der Waals surface area contributed by atoms with Crippen LogP contribution in [0.4, 0.5) is 0 Å². The van der Waals surface area contributed by atoms with Crippen LogP contribution in [0.3, 0.4) is 0 Å². The highest BCUT2D eigenvalue weighted by Crippen LogP contribution is 2.48. The molecule has 0 N–H and O–H groups in total. The first-order valence-electron chi connectivity index (χ1n) is 5.13. The molecule has 0 amide bonds. The van der Waals surface area contributed by atoms with Crippen molar-refractivity contribution in [3.63, 3.8) is 0 Å². The van der Waals surface area contributed by atoms with Gasteiger partial charge < -0.3 is 9.05 Å². The molecule has 0 radical (unpaired) electrons. The first kappa shape index (κ1) is 15.5. The van der Waals surface area contributed by atoms with E-state index in [0.29, 0.717) is 29.5 Å². The molecule has 0 aliphatic carbocycles. The van der Waals surface area contributed by atoms with Crippen molar-refractivity contribution in [2.75, 3.05) is 25.1 Å². The summed E-state index contributed by atoms with van der Waals surface area (Å²) in [6.45, 7) is 4.39. The van der Waals surface area contributed by atoms with Gasteiger partial charge in [-0.3, -0.25) is 4.57 Å². The van der Waals surface area contributed by atoms with E-state index >= 15 is 0 Å². The van der Waals surface area contributed by atoms with Gasteiger partial charge in [0.25, 0.3) is 0 Å². The highest BCUT2D eigenvalue weighted by Gasteiger charge is 2.23. The predicted molar refractivity (Wildman–Crippen MR) is 73.6 cm³/mol. The first-order chi connectivity index (χ1) is 8.09. The molecule has 9 heteroatoms. The molecule has 5 nitrogen and oxygen atoms in total. The van der Waals surface area contributed by atoms with Gasteiger partial charge in [-0.25, -0.2) is 0 Å². The summed E-state index contributed by atoms with van der Waals surface area (Å²) in [5, 5.41) is 7.70. The van der Waals surface area contributed by atoms with E-state index in [2.05, 4.69) is 22.8 Å². The maximum absolute atomic E-state index is 12.1. The maximum atomic E-state index is 12.1. The Balaban J connectivity index is 2.39.